The Morgan fingerprint density at radius 1 is 1.22 bits per heavy atom. The highest BCUT2D eigenvalue weighted by atomic mass is 16.5. The highest BCUT2D eigenvalue weighted by Crippen LogP contribution is 2.37. The number of rotatable bonds is 2. The molecule has 0 aromatic carbocycles. The number of pyridine rings is 1. The first-order valence-electron chi connectivity index (χ1n) is 5.93. The molecule has 0 amide bonds. The van der Waals surface area contributed by atoms with Crippen LogP contribution in [0.5, 0.6) is 5.75 Å². The van der Waals surface area contributed by atoms with Crippen molar-refractivity contribution in [2.75, 3.05) is 6.61 Å². The van der Waals surface area contributed by atoms with E-state index in [9.17, 15) is 0 Å². The van der Waals surface area contributed by atoms with Crippen LogP contribution in [0.25, 0.3) is 5.57 Å². The van der Waals surface area contributed by atoms with E-state index < -0.39 is 0 Å². The Labute approximate surface area is 108 Å². The Morgan fingerprint density at radius 3 is 2.61 bits per heavy atom. The van der Waals surface area contributed by atoms with Gasteiger partial charge in [-0.2, -0.15) is 0 Å². The summed E-state index contributed by atoms with van der Waals surface area (Å²) in [4.78, 5) is 4.50. The number of hydrogen-bond acceptors (Lipinski definition) is 2. The van der Waals surface area contributed by atoms with E-state index in [0.29, 0.717) is 6.61 Å². The minimum Gasteiger partial charge on any atom is -0.486 e. The standard InChI is InChI=1S/C16H17NO/c1-5-7-13-10-18-16-12(4)11(3)9-17-15(16)14(13)8-6-2/h5-9H,1-2,10H2,3-4H3/b13-7-,14-8+. The second-order valence-electron chi connectivity index (χ2n) is 4.28. The summed E-state index contributed by atoms with van der Waals surface area (Å²) in [5.74, 6) is 0.879. The average Bonchev–Trinajstić information content (AvgIpc) is 2.37. The first-order chi connectivity index (χ1) is 8.69. The van der Waals surface area contributed by atoms with Crippen molar-refractivity contribution in [3.63, 3.8) is 0 Å². The third-order valence-electron chi connectivity index (χ3n) is 3.11. The van der Waals surface area contributed by atoms with Crippen molar-refractivity contribution in [2.24, 2.45) is 0 Å². The molecule has 0 saturated heterocycles. The van der Waals surface area contributed by atoms with Gasteiger partial charge in [0.2, 0.25) is 0 Å². The normalized spacial score (nSPS) is 18.3. The topological polar surface area (TPSA) is 22.1 Å². The molecule has 0 aliphatic carbocycles. The summed E-state index contributed by atoms with van der Waals surface area (Å²) in [6.07, 6.45) is 9.35. The second-order valence-corrected chi connectivity index (χ2v) is 4.28. The number of ether oxygens (including phenoxy) is 1. The van der Waals surface area contributed by atoms with Crippen LogP contribution >= 0.6 is 0 Å². The predicted octanol–water partition coefficient (Wildman–Crippen LogP) is 3.77. The van der Waals surface area contributed by atoms with E-state index in [1.165, 1.54) is 0 Å². The fourth-order valence-corrected chi connectivity index (χ4v) is 2.01. The molecule has 18 heavy (non-hydrogen) atoms. The first-order valence-corrected chi connectivity index (χ1v) is 5.93. The fourth-order valence-electron chi connectivity index (χ4n) is 2.01. The van der Waals surface area contributed by atoms with Gasteiger partial charge in [0, 0.05) is 11.8 Å². The van der Waals surface area contributed by atoms with E-state index in [0.717, 1.165) is 33.7 Å². The van der Waals surface area contributed by atoms with Crippen LogP contribution in [0.1, 0.15) is 16.8 Å². The summed E-state index contributed by atoms with van der Waals surface area (Å²) < 4.78 is 5.82. The van der Waals surface area contributed by atoms with Crippen molar-refractivity contribution in [2.45, 2.75) is 13.8 Å². The monoisotopic (exact) mass is 239 g/mol. The maximum absolute atomic E-state index is 5.82. The SMILES string of the molecule is C=C/C=C1/COc2c(ncc(C)c2C)/C1=C/C=C. The minimum atomic E-state index is 0.546. The van der Waals surface area contributed by atoms with E-state index in [-0.39, 0.29) is 0 Å². The number of aryl methyl sites for hydroxylation is 1. The first kappa shape index (κ1) is 12.4. The van der Waals surface area contributed by atoms with Crippen molar-refractivity contribution in [3.05, 3.63) is 66.1 Å². The second kappa shape index (κ2) is 5.05. The average molecular weight is 239 g/mol. The molecule has 0 N–H and O–H groups in total. The van der Waals surface area contributed by atoms with Gasteiger partial charge >= 0.3 is 0 Å². The summed E-state index contributed by atoms with van der Waals surface area (Å²) in [6, 6.07) is 0. The molecule has 0 radical (unpaired) electrons. The zero-order valence-corrected chi connectivity index (χ0v) is 10.9. The third kappa shape index (κ3) is 2.02. The van der Waals surface area contributed by atoms with Crippen LogP contribution in [0.2, 0.25) is 0 Å². The Hall–Kier alpha value is -2.09. The molecule has 1 aliphatic heterocycles. The number of hydrogen-bond donors (Lipinski definition) is 0. The molecule has 1 aromatic rings. The van der Waals surface area contributed by atoms with E-state index in [1.54, 1.807) is 12.2 Å². The van der Waals surface area contributed by atoms with Gasteiger partial charge in [-0.25, -0.2) is 0 Å². The molecule has 1 aromatic heterocycles. The molecular weight excluding hydrogens is 222 g/mol. The zero-order chi connectivity index (χ0) is 13.1. The summed E-state index contributed by atoms with van der Waals surface area (Å²) in [5, 5.41) is 0. The molecule has 2 rings (SSSR count). The van der Waals surface area contributed by atoms with E-state index in [4.69, 9.17) is 4.74 Å². The van der Waals surface area contributed by atoms with E-state index in [2.05, 4.69) is 25.1 Å². The van der Waals surface area contributed by atoms with Crippen molar-refractivity contribution in [3.8, 4) is 5.75 Å². The van der Waals surface area contributed by atoms with Crippen LogP contribution in [0.4, 0.5) is 0 Å². The lowest BCUT2D eigenvalue weighted by Gasteiger charge is -2.24. The van der Waals surface area contributed by atoms with Gasteiger partial charge in [0.25, 0.3) is 0 Å². The smallest absolute Gasteiger partial charge is 0.149 e. The van der Waals surface area contributed by atoms with Gasteiger partial charge in [-0.15, -0.1) is 0 Å². The highest BCUT2D eigenvalue weighted by molar-refractivity contribution is 5.84. The van der Waals surface area contributed by atoms with Crippen molar-refractivity contribution in [1.82, 2.24) is 4.98 Å². The van der Waals surface area contributed by atoms with Crippen LogP contribution in [-0.2, 0) is 0 Å². The summed E-state index contributed by atoms with van der Waals surface area (Å²) in [7, 11) is 0. The van der Waals surface area contributed by atoms with E-state index in [1.807, 2.05) is 25.3 Å². The number of allylic oxidation sites excluding steroid dienone is 4. The molecule has 0 bridgehead atoms. The summed E-state index contributed by atoms with van der Waals surface area (Å²) in [6.45, 7) is 12.1. The lowest BCUT2D eigenvalue weighted by molar-refractivity contribution is 0.343. The maximum atomic E-state index is 5.82. The van der Waals surface area contributed by atoms with Gasteiger partial charge in [-0.3, -0.25) is 4.98 Å². The van der Waals surface area contributed by atoms with Crippen molar-refractivity contribution >= 4 is 5.57 Å². The third-order valence-corrected chi connectivity index (χ3v) is 3.11. The fraction of sp³-hybridized carbons (Fsp3) is 0.188. The van der Waals surface area contributed by atoms with E-state index >= 15 is 0 Å². The quantitative estimate of drug-likeness (QED) is 0.783. The Morgan fingerprint density at radius 2 is 1.94 bits per heavy atom. The largest absolute Gasteiger partial charge is 0.486 e. The van der Waals surface area contributed by atoms with Gasteiger partial charge in [-0.05, 0) is 30.5 Å². The molecule has 0 spiro atoms. The van der Waals surface area contributed by atoms with Crippen molar-refractivity contribution in [1.29, 1.82) is 0 Å². The van der Waals surface area contributed by atoms with Crippen molar-refractivity contribution < 1.29 is 4.74 Å². The molecule has 92 valence electrons. The van der Waals surface area contributed by atoms with Gasteiger partial charge < -0.3 is 4.74 Å². The van der Waals surface area contributed by atoms with Gasteiger partial charge in [-0.1, -0.05) is 37.5 Å². The summed E-state index contributed by atoms with van der Waals surface area (Å²) in [5.41, 5.74) is 5.32. The lowest BCUT2D eigenvalue weighted by atomic mass is 9.96. The molecule has 2 nitrogen and oxygen atoms in total. The molecule has 0 fully saturated rings. The van der Waals surface area contributed by atoms with Crippen LogP contribution in [0, 0.1) is 13.8 Å². The Bertz CT molecular complexity index is 565. The maximum Gasteiger partial charge on any atom is 0.149 e. The highest BCUT2D eigenvalue weighted by Gasteiger charge is 2.22. The predicted molar refractivity (Wildman–Crippen MR) is 75.7 cm³/mol. The number of nitrogens with zero attached hydrogens (tertiary/aromatic N) is 1. The Balaban J connectivity index is 2.65. The Kier molecular flexibility index (Phi) is 3.47. The zero-order valence-electron chi connectivity index (χ0n) is 10.9. The molecule has 0 unspecified atom stereocenters. The number of aromatic nitrogens is 1. The van der Waals surface area contributed by atoms with Crippen LogP contribution in [0.3, 0.4) is 0 Å². The molecule has 0 atom stereocenters. The van der Waals surface area contributed by atoms with Gasteiger partial charge in [0.15, 0.2) is 0 Å². The van der Waals surface area contributed by atoms with Crippen LogP contribution in [0.15, 0.2) is 49.2 Å². The summed E-state index contributed by atoms with van der Waals surface area (Å²) >= 11 is 0. The molecule has 0 saturated carbocycles. The molecule has 2 heteroatoms. The van der Waals surface area contributed by atoms with Crippen LogP contribution < -0.4 is 4.74 Å². The lowest BCUT2D eigenvalue weighted by Crippen LogP contribution is -2.14. The molecular formula is C16H17NO. The number of fused-ring (bicyclic) bond motifs is 1. The van der Waals surface area contributed by atoms with Crippen LogP contribution in [-0.4, -0.2) is 11.6 Å². The van der Waals surface area contributed by atoms with Gasteiger partial charge in [0.1, 0.15) is 18.1 Å². The molecule has 2 heterocycles. The van der Waals surface area contributed by atoms with Gasteiger partial charge in [0.05, 0.1) is 0 Å². The molecule has 1 aliphatic rings. The minimum absolute atomic E-state index is 0.546.